The summed E-state index contributed by atoms with van der Waals surface area (Å²) in [6.45, 7) is 4.28. The zero-order valence-corrected chi connectivity index (χ0v) is 9.99. The van der Waals surface area contributed by atoms with Crippen LogP contribution >= 0.6 is 0 Å². The summed E-state index contributed by atoms with van der Waals surface area (Å²) in [4.78, 5) is 23.3. The van der Waals surface area contributed by atoms with Gasteiger partial charge in [0.1, 0.15) is 0 Å². The van der Waals surface area contributed by atoms with Gasteiger partial charge in [-0.25, -0.2) is 0 Å². The van der Waals surface area contributed by atoms with E-state index in [9.17, 15) is 9.59 Å². The molecule has 0 unspecified atom stereocenters. The summed E-state index contributed by atoms with van der Waals surface area (Å²) in [5.74, 6) is 0.128. The van der Waals surface area contributed by atoms with Crippen molar-refractivity contribution in [1.82, 2.24) is 5.32 Å². The lowest BCUT2D eigenvalue weighted by molar-refractivity contribution is -0.127. The number of carbonyl (C=O) groups is 2. The van der Waals surface area contributed by atoms with E-state index in [1.165, 1.54) is 5.56 Å². The van der Waals surface area contributed by atoms with E-state index >= 15 is 0 Å². The lowest BCUT2D eigenvalue weighted by Gasteiger charge is -2.12. The van der Waals surface area contributed by atoms with Crippen LogP contribution in [-0.2, 0) is 15.0 Å². The van der Waals surface area contributed by atoms with Crippen LogP contribution < -0.4 is 5.32 Å². The van der Waals surface area contributed by atoms with E-state index in [-0.39, 0.29) is 17.7 Å². The number of hydrogen-bond acceptors (Lipinski definition) is 2. The lowest BCUT2D eigenvalue weighted by atomic mass is 9.92. The van der Waals surface area contributed by atoms with Crippen molar-refractivity contribution in [3.8, 4) is 0 Å². The largest absolute Gasteiger partial charge is 0.295 e. The number of carbonyl (C=O) groups excluding carboxylic acids is 2. The maximum Gasteiger partial charge on any atom is 0.238 e. The standard InChI is InChI=1S/C14H15NO2/c1-8(2)9-3-5-10(6-4-9)14-7-11(14)12(16)15-13(14)17/h3-6,8,11H,7H2,1-2H3,(H,15,16,17)/t11-,14-/m0/s1. The van der Waals surface area contributed by atoms with Gasteiger partial charge in [0.05, 0.1) is 11.3 Å². The first kappa shape index (κ1) is 10.5. The molecule has 1 aromatic rings. The molecule has 1 saturated carbocycles. The zero-order valence-electron chi connectivity index (χ0n) is 9.99. The molecule has 3 heteroatoms. The molecule has 2 atom stereocenters. The Bertz CT molecular complexity index is 503. The molecule has 0 spiro atoms. The monoisotopic (exact) mass is 229 g/mol. The first-order chi connectivity index (χ1) is 8.05. The van der Waals surface area contributed by atoms with Gasteiger partial charge in [-0.1, -0.05) is 38.1 Å². The molecule has 2 amide bonds. The molecule has 1 N–H and O–H groups in total. The summed E-state index contributed by atoms with van der Waals surface area (Å²) in [5, 5.41) is 2.42. The smallest absolute Gasteiger partial charge is 0.238 e. The van der Waals surface area contributed by atoms with Crippen molar-refractivity contribution < 1.29 is 9.59 Å². The third-order valence-corrected chi connectivity index (χ3v) is 4.01. The van der Waals surface area contributed by atoms with Crippen LogP contribution in [0.1, 0.15) is 37.3 Å². The number of amides is 2. The van der Waals surface area contributed by atoms with Crippen LogP contribution in [0.3, 0.4) is 0 Å². The van der Waals surface area contributed by atoms with Gasteiger partial charge in [-0.3, -0.25) is 14.9 Å². The van der Waals surface area contributed by atoms with Crippen molar-refractivity contribution in [3.63, 3.8) is 0 Å². The fourth-order valence-corrected chi connectivity index (χ4v) is 2.76. The Hall–Kier alpha value is -1.64. The molecule has 2 fully saturated rings. The van der Waals surface area contributed by atoms with Crippen molar-refractivity contribution >= 4 is 11.8 Å². The second-order valence-corrected chi connectivity index (χ2v) is 5.32. The summed E-state index contributed by atoms with van der Waals surface area (Å²) >= 11 is 0. The van der Waals surface area contributed by atoms with Gasteiger partial charge in [0.25, 0.3) is 0 Å². The minimum atomic E-state index is -0.535. The Morgan fingerprint density at radius 1 is 1.24 bits per heavy atom. The van der Waals surface area contributed by atoms with Gasteiger partial charge in [0.2, 0.25) is 11.8 Å². The van der Waals surface area contributed by atoms with E-state index in [0.717, 1.165) is 5.56 Å². The Balaban J connectivity index is 1.96. The molecular formula is C14H15NO2. The number of fused-ring (bicyclic) bond motifs is 1. The van der Waals surface area contributed by atoms with Gasteiger partial charge in [-0.2, -0.15) is 0 Å². The van der Waals surface area contributed by atoms with Crippen molar-refractivity contribution in [2.45, 2.75) is 31.6 Å². The number of hydrogen-bond donors (Lipinski definition) is 1. The van der Waals surface area contributed by atoms with Gasteiger partial charge < -0.3 is 0 Å². The number of imide groups is 1. The van der Waals surface area contributed by atoms with Gasteiger partial charge in [0, 0.05) is 0 Å². The first-order valence-electron chi connectivity index (χ1n) is 6.01. The highest BCUT2D eigenvalue weighted by molar-refractivity contribution is 6.15. The topological polar surface area (TPSA) is 46.2 Å². The highest BCUT2D eigenvalue weighted by Crippen LogP contribution is 2.57. The average Bonchev–Trinajstić information content (AvgIpc) is 3.00. The molecule has 1 aromatic carbocycles. The number of piperidine rings is 1. The number of benzene rings is 1. The molecule has 1 aliphatic carbocycles. The summed E-state index contributed by atoms with van der Waals surface area (Å²) < 4.78 is 0. The van der Waals surface area contributed by atoms with E-state index in [0.29, 0.717) is 12.3 Å². The normalized spacial score (nSPS) is 30.4. The van der Waals surface area contributed by atoms with Crippen molar-refractivity contribution in [2.75, 3.05) is 0 Å². The van der Waals surface area contributed by atoms with Crippen LogP contribution in [0.15, 0.2) is 24.3 Å². The molecule has 0 aromatic heterocycles. The highest BCUT2D eigenvalue weighted by atomic mass is 16.2. The highest BCUT2D eigenvalue weighted by Gasteiger charge is 2.69. The van der Waals surface area contributed by atoms with Gasteiger partial charge in [0.15, 0.2) is 0 Å². The van der Waals surface area contributed by atoms with Crippen molar-refractivity contribution in [2.24, 2.45) is 5.92 Å². The van der Waals surface area contributed by atoms with Gasteiger partial charge >= 0.3 is 0 Å². The van der Waals surface area contributed by atoms with E-state index in [1.807, 2.05) is 12.1 Å². The predicted octanol–water partition coefficient (Wildman–Crippen LogP) is 1.72. The van der Waals surface area contributed by atoms with Crippen LogP contribution in [0.25, 0.3) is 0 Å². The van der Waals surface area contributed by atoms with Crippen LogP contribution in [-0.4, -0.2) is 11.8 Å². The van der Waals surface area contributed by atoms with E-state index in [2.05, 4.69) is 31.3 Å². The number of rotatable bonds is 2. The predicted molar refractivity (Wildman–Crippen MR) is 63.5 cm³/mol. The summed E-state index contributed by atoms with van der Waals surface area (Å²) in [6.07, 6.45) is 0.679. The molecule has 0 bridgehead atoms. The minimum absolute atomic E-state index is 0.108. The molecule has 3 nitrogen and oxygen atoms in total. The second-order valence-electron chi connectivity index (χ2n) is 5.32. The van der Waals surface area contributed by atoms with Crippen LogP contribution in [0.2, 0.25) is 0 Å². The summed E-state index contributed by atoms with van der Waals surface area (Å²) in [6, 6.07) is 8.10. The molecular weight excluding hydrogens is 214 g/mol. The summed E-state index contributed by atoms with van der Waals surface area (Å²) in [5.41, 5.74) is 1.70. The fourth-order valence-electron chi connectivity index (χ4n) is 2.76. The molecule has 2 aliphatic rings. The maximum absolute atomic E-state index is 11.8. The maximum atomic E-state index is 11.8. The Labute approximate surface area is 100 Å². The minimum Gasteiger partial charge on any atom is -0.295 e. The molecule has 88 valence electrons. The lowest BCUT2D eigenvalue weighted by Crippen LogP contribution is -2.30. The van der Waals surface area contributed by atoms with Crippen LogP contribution in [0.4, 0.5) is 0 Å². The first-order valence-corrected chi connectivity index (χ1v) is 6.01. The average molecular weight is 229 g/mol. The van der Waals surface area contributed by atoms with Gasteiger partial charge in [-0.05, 0) is 23.5 Å². The molecule has 1 saturated heterocycles. The molecule has 3 rings (SSSR count). The van der Waals surface area contributed by atoms with E-state index in [1.54, 1.807) is 0 Å². The van der Waals surface area contributed by atoms with E-state index in [4.69, 9.17) is 0 Å². The van der Waals surface area contributed by atoms with Crippen LogP contribution in [0, 0.1) is 5.92 Å². The Morgan fingerprint density at radius 2 is 1.88 bits per heavy atom. The zero-order chi connectivity index (χ0) is 12.2. The quantitative estimate of drug-likeness (QED) is 0.785. The molecule has 1 aliphatic heterocycles. The van der Waals surface area contributed by atoms with Crippen molar-refractivity contribution in [1.29, 1.82) is 0 Å². The summed E-state index contributed by atoms with van der Waals surface area (Å²) in [7, 11) is 0. The Kier molecular flexibility index (Phi) is 1.97. The number of nitrogens with one attached hydrogen (secondary N) is 1. The molecule has 0 radical (unpaired) electrons. The third-order valence-electron chi connectivity index (χ3n) is 4.01. The van der Waals surface area contributed by atoms with Gasteiger partial charge in [-0.15, -0.1) is 0 Å². The SMILES string of the molecule is CC(C)c1ccc([C@@]23C[C@H]2C(=O)NC3=O)cc1. The van der Waals surface area contributed by atoms with Crippen molar-refractivity contribution in [3.05, 3.63) is 35.4 Å². The third kappa shape index (κ3) is 1.28. The van der Waals surface area contributed by atoms with E-state index < -0.39 is 5.41 Å². The fraction of sp³-hybridized carbons (Fsp3) is 0.429. The second kappa shape index (κ2) is 3.19. The van der Waals surface area contributed by atoms with Crippen LogP contribution in [0.5, 0.6) is 0 Å². The molecule has 1 heterocycles. The molecule has 17 heavy (non-hydrogen) atoms. The Morgan fingerprint density at radius 3 is 2.29 bits per heavy atom.